The molecule has 92 valence electrons. The molecule has 0 aliphatic heterocycles. The number of nitrogens with zero attached hydrogens (tertiary/aromatic N) is 4. The predicted molar refractivity (Wildman–Crippen MR) is 61.8 cm³/mol. The van der Waals surface area contributed by atoms with E-state index in [9.17, 15) is 5.11 Å². The van der Waals surface area contributed by atoms with Crippen molar-refractivity contribution >= 4 is 0 Å². The maximum Gasteiger partial charge on any atom is 0.175 e. The van der Waals surface area contributed by atoms with E-state index in [1.54, 1.807) is 7.05 Å². The van der Waals surface area contributed by atoms with Crippen LogP contribution < -0.4 is 0 Å². The van der Waals surface area contributed by atoms with Gasteiger partial charge in [-0.3, -0.25) is 0 Å². The van der Waals surface area contributed by atoms with Gasteiger partial charge in [0.2, 0.25) is 0 Å². The number of aromatic nitrogens is 4. The first-order chi connectivity index (χ1) is 7.65. The summed E-state index contributed by atoms with van der Waals surface area (Å²) in [5.41, 5.74) is -0.0704. The van der Waals surface area contributed by atoms with Crippen LogP contribution in [0.2, 0.25) is 0 Å². The molecule has 1 aromatic rings. The van der Waals surface area contributed by atoms with Crippen molar-refractivity contribution in [3.8, 4) is 0 Å². The Morgan fingerprint density at radius 2 is 2.12 bits per heavy atom. The molecule has 1 atom stereocenters. The van der Waals surface area contributed by atoms with E-state index >= 15 is 0 Å². The average molecular weight is 226 g/mol. The number of tetrazole rings is 1. The maximum atomic E-state index is 9.59. The molecule has 0 radical (unpaired) electrons. The Labute approximate surface area is 96.9 Å². The average Bonchev–Trinajstić information content (AvgIpc) is 2.70. The van der Waals surface area contributed by atoms with Crippen LogP contribution in [0.4, 0.5) is 0 Å². The van der Waals surface area contributed by atoms with Crippen LogP contribution >= 0.6 is 0 Å². The van der Waals surface area contributed by atoms with Gasteiger partial charge < -0.3 is 5.11 Å². The molecule has 0 aliphatic carbocycles. The van der Waals surface area contributed by atoms with E-state index < -0.39 is 0 Å². The first-order valence-corrected chi connectivity index (χ1v) is 5.99. The molecular formula is C11H22N4O. The van der Waals surface area contributed by atoms with Crippen LogP contribution in [-0.4, -0.2) is 31.9 Å². The summed E-state index contributed by atoms with van der Waals surface area (Å²) >= 11 is 0. The minimum Gasteiger partial charge on any atom is -0.396 e. The molecule has 1 N–H and O–H groups in total. The monoisotopic (exact) mass is 226 g/mol. The van der Waals surface area contributed by atoms with Crippen molar-refractivity contribution in [1.82, 2.24) is 20.2 Å². The fourth-order valence-electron chi connectivity index (χ4n) is 1.92. The second-order valence-electron chi connectivity index (χ2n) is 4.49. The zero-order chi connectivity index (χ0) is 12.0. The summed E-state index contributed by atoms with van der Waals surface area (Å²) in [6, 6.07) is 0. The lowest BCUT2D eigenvalue weighted by Gasteiger charge is -2.29. The molecule has 16 heavy (non-hydrogen) atoms. The van der Waals surface area contributed by atoms with Gasteiger partial charge in [0, 0.05) is 18.4 Å². The molecule has 1 rings (SSSR count). The van der Waals surface area contributed by atoms with Gasteiger partial charge in [-0.05, 0) is 18.1 Å². The zero-order valence-corrected chi connectivity index (χ0v) is 10.5. The lowest BCUT2D eigenvalue weighted by Crippen LogP contribution is -2.28. The van der Waals surface area contributed by atoms with Crippen LogP contribution in [-0.2, 0) is 13.5 Å². The number of aryl methyl sites for hydroxylation is 1. The highest BCUT2D eigenvalue weighted by Crippen LogP contribution is 2.31. The van der Waals surface area contributed by atoms with Gasteiger partial charge in [-0.15, -0.1) is 10.2 Å². The summed E-state index contributed by atoms with van der Waals surface area (Å²) in [5, 5.41) is 21.6. The van der Waals surface area contributed by atoms with Crippen molar-refractivity contribution < 1.29 is 5.11 Å². The molecule has 1 heterocycles. The molecule has 0 saturated carbocycles. The lowest BCUT2D eigenvalue weighted by molar-refractivity contribution is 0.105. The number of hydrogen-bond donors (Lipinski definition) is 1. The highest BCUT2D eigenvalue weighted by Gasteiger charge is 2.29. The molecule has 0 spiro atoms. The van der Waals surface area contributed by atoms with Crippen molar-refractivity contribution in [3.63, 3.8) is 0 Å². The van der Waals surface area contributed by atoms with Crippen LogP contribution in [0.25, 0.3) is 0 Å². The van der Waals surface area contributed by atoms with Crippen molar-refractivity contribution in [1.29, 1.82) is 0 Å². The second kappa shape index (κ2) is 5.94. The van der Waals surface area contributed by atoms with Gasteiger partial charge in [-0.2, -0.15) is 4.80 Å². The highest BCUT2D eigenvalue weighted by molar-refractivity contribution is 4.89. The van der Waals surface area contributed by atoms with Crippen LogP contribution in [0.15, 0.2) is 0 Å². The molecule has 0 fully saturated rings. The Kier molecular flexibility index (Phi) is 4.86. The molecule has 0 saturated heterocycles. The van der Waals surface area contributed by atoms with Crippen molar-refractivity contribution in [2.75, 3.05) is 6.61 Å². The summed E-state index contributed by atoms with van der Waals surface area (Å²) in [6.07, 6.45) is 4.97. The molecule has 0 bridgehead atoms. The summed E-state index contributed by atoms with van der Waals surface area (Å²) in [5.74, 6) is 0.731. The van der Waals surface area contributed by atoms with Crippen LogP contribution in [0.3, 0.4) is 0 Å². The number of hydrogen-bond acceptors (Lipinski definition) is 4. The van der Waals surface area contributed by atoms with E-state index in [0.29, 0.717) is 6.42 Å². The first-order valence-electron chi connectivity index (χ1n) is 5.99. The predicted octanol–water partition coefficient (Wildman–Crippen LogP) is 1.33. The standard InChI is InChI=1S/C11H22N4O/c1-4-6-7-11(5-2,9-16)8-10-12-14-15(3)13-10/h16H,4-9H2,1-3H3. The fraction of sp³-hybridized carbons (Fsp3) is 0.909. The maximum absolute atomic E-state index is 9.59. The number of aliphatic hydroxyl groups is 1. The fourth-order valence-corrected chi connectivity index (χ4v) is 1.92. The Bertz CT molecular complexity index is 307. The SMILES string of the molecule is CCCCC(CC)(CO)Cc1nnn(C)n1. The number of aliphatic hydroxyl groups excluding tert-OH is 1. The van der Waals surface area contributed by atoms with Crippen LogP contribution in [0.1, 0.15) is 45.4 Å². The molecule has 5 heteroatoms. The second-order valence-corrected chi connectivity index (χ2v) is 4.49. The zero-order valence-electron chi connectivity index (χ0n) is 10.5. The Morgan fingerprint density at radius 1 is 1.38 bits per heavy atom. The molecule has 0 aromatic carbocycles. The van der Waals surface area contributed by atoms with Crippen molar-refractivity contribution in [2.45, 2.75) is 46.0 Å². The molecule has 1 unspecified atom stereocenters. The van der Waals surface area contributed by atoms with Gasteiger partial charge in [0.05, 0.1) is 7.05 Å². The van der Waals surface area contributed by atoms with Gasteiger partial charge in [-0.1, -0.05) is 26.7 Å². The summed E-state index contributed by atoms with van der Waals surface area (Å²) in [7, 11) is 1.76. The third-order valence-corrected chi connectivity index (χ3v) is 3.23. The smallest absolute Gasteiger partial charge is 0.175 e. The van der Waals surface area contributed by atoms with Crippen LogP contribution in [0, 0.1) is 5.41 Å². The number of unbranched alkanes of at least 4 members (excludes halogenated alkanes) is 1. The van der Waals surface area contributed by atoms with E-state index in [0.717, 1.165) is 31.5 Å². The van der Waals surface area contributed by atoms with Gasteiger partial charge in [0.25, 0.3) is 0 Å². The normalized spacial score (nSPS) is 15.0. The topological polar surface area (TPSA) is 63.8 Å². The van der Waals surface area contributed by atoms with Gasteiger partial charge in [0.15, 0.2) is 5.82 Å². The van der Waals surface area contributed by atoms with Crippen molar-refractivity contribution in [2.24, 2.45) is 12.5 Å². The van der Waals surface area contributed by atoms with Gasteiger partial charge in [0.1, 0.15) is 0 Å². The molecule has 0 aliphatic rings. The van der Waals surface area contributed by atoms with Gasteiger partial charge >= 0.3 is 0 Å². The number of rotatable bonds is 7. The highest BCUT2D eigenvalue weighted by atomic mass is 16.3. The Balaban J connectivity index is 2.69. The van der Waals surface area contributed by atoms with E-state index in [1.807, 2.05) is 0 Å². The molecule has 0 amide bonds. The van der Waals surface area contributed by atoms with E-state index in [2.05, 4.69) is 29.3 Å². The third kappa shape index (κ3) is 3.27. The van der Waals surface area contributed by atoms with Crippen molar-refractivity contribution in [3.05, 3.63) is 5.82 Å². The van der Waals surface area contributed by atoms with Crippen LogP contribution in [0.5, 0.6) is 0 Å². The minimum absolute atomic E-state index is 0.0704. The Morgan fingerprint density at radius 3 is 2.56 bits per heavy atom. The van der Waals surface area contributed by atoms with E-state index in [1.165, 1.54) is 4.80 Å². The Hall–Kier alpha value is -0.970. The molecular weight excluding hydrogens is 204 g/mol. The molecule has 5 nitrogen and oxygen atoms in total. The summed E-state index contributed by atoms with van der Waals surface area (Å²) in [6.45, 7) is 4.47. The molecule has 1 aromatic heterocycles. The van der Waals surface area contributed by atoms with E-state index in [4.69, 9.17) is 0 Å². The largest absolute Gasteiger partial charge is 0.396 e. The lowest BCUT2D eigenvalue weighted by atomic mass is 9.78. The quantitative estimate of drug-likeness (QED) is 0.762. The minimum atomic E-state index is -0.0704. The third-order valence-electron chi connectivity index (χ3n) is 3.23. The summed E-state index contributed by atoms with van der Waals surface area (Å²) < 4.78 is 0. The first kappa shape index (κ1) is 13.1. The van der Waals surface area contributed by atoms with Gasteiger partial charge in [-0.25, -0.2) is 0 Å². The summed E-state index contributed by atoms with van der Waals surface area (Å²) in [4.78, 5) is 1.47. The van der Waals surface area contributed by atoms with E-state index in [-0.39, 0.29) is 12.0 Å².